The number of nitrogens with one attached hydrogen (secondary N) is 3. The van der Waals surface area contributed by atoms with Gasteiger partial charge in [0.1, 0.15) is 12.1 Å². The predicted molar refractivity (Wildman–Crippen MR) is 126 cm³/mol. The van der Waals surface area contributed by atoms with Crippen LogP contribution in [0.25, 0.3) is 10.9 Å². The van der Waals surface area contributed by atoms with Gasteiger partial charge in [-0.05, 0) is 30.4 Å². The van der Waals surface area contributed by atoms with Crippen LogP contribution >= 0.6 is 0 Å². The number of fused-ring (bicyclic) bond motifs is 1. The zero-order valence-corrected chi connectivity index (χ0v) is 18.9. The van der Waals surface area contributed by atoms with E-state index in [0.717, 1.165) is 16.5 Å². The highest BCUT2D eigenvalue weighted by Crippen LogP contribution is 2.19. The predicted octanol–water partition coefficient (Wildman–Crippen LogP) is -0.198. The quantitative estimate of drug-likeness (QED) is 0.129. The number of hydrogen-bond acceptors (Lipinski definition) is 5. The lowest BCUT2D eigenvalue weighted by Crippen LogP contribution is -2.55. The summed E-state index contributed by atoms with van der Waals surface area (Å²) in [6.45, 7) is 3.84. The number of carboxylic acid groups (broad SMARTS) is 1. The first-order chi connectivity index (χ1) is 15.6. The van der Waals surface area contributed by atoms with Crippen molar-refractivity contribution in [2.45, 2.75) is 51.2 Å². The van der Waals surface area contributed by atoms with Crippen LogP contribution in [0.5, 0.6) is 0 Å². The van der Waals surface area contributed by atoms with Gasteiger partial charge in [0.25, 0.3) is 0 Å². The molecule has 0 spiro atoms. The van der Waals surface area contributed by atoms with E-state index in [1.807, 2.05) is 24.3 Å². The van der Waals surface area contributed by atoms with Gasteiger partial charge in [0, 0.05) is 30.1 Å². The molecule has 2 rings (SSSR count). The number of hydrogen-bond donors (Lipinski definition) is 7. The van der Waals surface area contributed by atoms with E-state index in [1.54, 1.807) is 20.0 Å². The number of aliphatic carboxylic acids is 1. The van der Waals surface area contributed by atoms with Crippen molar-refractivity contribution in [3.63, 3.8) is 0 Å². The zero-order chi connectivity index (χ0) is 24.5. The van der Waals surface area contributed by atoms with E-state index in [1.165, 1.54) is 0 Å². The van der Waals surface area contributed by atoms with Gasteiger partial charge in [-0.2, -0.15) is 0 Å². The van der Waals surface area contributed by atoms with Gasteiger partial charge in [-0.25, -0.2) is 4.79 Å². The SMILES string of the molecule is CC(C)C(N)C(=O)NC(CCCN=C(N)N)C(=O)NC(Cc1c[nH]c2ccccc12)C(=O)O. The maximum atomic E-state index is 13.0. The van der Waals surface area contributed by atoms with E-state index in [0.29, 0.717) is 6.42 Å². The highest BCUT2D eigenvalue weighted by atomic mass is 16.4. The molecule has 10 N–H and O–H groups in total. The van der Waals surface area contributed by atoms with Gasteiger partial charge in [-0.1, -0.05) is 32.0 Å². The maximum absolute atomic E-state index is 13.0. The number of aromatic nitrogens is 1. The van der Waals surface area contributed by atoms with Gasteiger partial charge < -0.3 is 37.9 Å². The molecule has 3 unspecified atom stereocenters. The van der Waals surface area contributed by atoms with Crippen molar-refractivity contribution in [3.8, 4) is 0 Å². The van der Waals surface area contributed by atoms with Crippen LogP contribution in [0, 0.1) is 5.92 Å². The third-order valence-corrected chi connectivity index (χ3v) is 5.31. The van der Waals surface area contributed by atoms with E-state index in [2.05, 4.69) is 20.6 Å². The summed E-state index contributed by atoms with van der Waals surface area (Å²) in [5.74, 6) is -2.50. The van der Waals surface area contributed by atoms with Gasteiger partial charge >= 0.3 is 5.97 Å². The molecular formula is C22H33N7O4. The summed E-state index contributed by atoms with van der Waals surface area (Å²) < 4.78 is 0. The van der Waals surface area contributed by atoms with E-state index < -0.39 is 35.9 Å². The summed E-state index contributed by atoms with van der Waals surface area (Å²) in [5, 5.41) is 15.8. The molecule has 2 aromatic rings. The van der Waals surface area contributed by atoms with Crippen molar-refractivity contribution < 1.29 is 19.5 Å². The summed E-state index contributed by atoms with van der Waals surface area (Å²) in [6.07, 6.45) is 2.40. The molecule has 11 nitrogen and oxygen atoms in total. The number of carbonyl (C=O) groups is 3. The molecule has 0 aliphatic carbocycles. The standard InChI is InChI=1S/C22H33N7O4/c1-12(2)18(23)20(31)28-16(8-5-9-26-22(24)25)19(30)29-17(21(32)33)10-13-11-27-15-7-4-3-6-14(13)15/h3-4,6-7,11-12,16-18,27H,5,8-10,23H2,1-2H3,(H,28,31)(H,29,30)(H,32,33)(H4,24,25,26). The molecule has 2 amide bonds. The fraction of sp³-hybridized carbons (Fsp3) is 0.455. The van der Waals surface area contributed by atoms with Crippen LogP contribution in [0.2, 0.25) is 0 Å². The Bertz CT molecular complexity index is 998. The van der Waals surface area contributed by atoms with Crippen LogP contribution in [-0.4, -0.2) is 58.5 Å². The average Bonchev–Trinajstić information content (AvgIpc) is 3.17. The minimum absolute atomic E-state index is 0.0747. The van der Waals surface area contributed by atoms with Crippen LogP contribution in [-0.2, 0) is 20.8 Å². The number of rotatable bonds is 12. The van der Waals surface area contributed by atoms with Crippen molar-refractivity contribution >= 4 is 34.6 Å². The number of guanidine groups is 1. The van der Waals surface area contributed by atoms with Crippen LogP contribution in [0.15, 0.2) is 35.5 Å². The molecule has 0 saturated carbocycles. The second-order valence-corrected chi connectivity index (χ2v) is 8.24. The molecule has 11 heteroatoms. The summed E-state index contributed by atoms with van der Waals surface area (Å²) in [5.41, 5.74) is 18.2. The lowest BCUT2D eigenvalue weighted by molar-refractivity contribution is -0.142. The largest absolute Gasteiger partial charge is 0.480 e. The highest BCUT2D eigenvalue weighted by Gasteiger charge is 2.29. The normalized spacial score (nSPS) is 13.8. The Morgan fingerprint density at radius 1 is 1.09 bits per heavy atom. The average molecular weight is 460 g/mol. The fourth-order valence-electron chi connectivity index (χ4n) is 3.34. The maximum Gasteiger partial charge on any atom is 0.326 e. The second-order valence-electron chi connectivity index (χ2n) is 8.24. The number of H-pyrrole nitrogens is 1. The van der Waals surface area contributed by atoms with Crippen LogP contribution in [0.3, 0.4) is 0 Å². The molecule has 180 valence electrons. The number of aromatic amines is 1. The Kier molecular flexibility index (Phi) is 9.22. The first-order valence-corrected chi connectivity index (χ1v) is 10.8. The number of aliphatic imine (C=N–C) groups is 1. The van der Waals surface area contributed by atoms with Gasteiger partial charge in [0.15, 0.2) is 5.96 Å². The Morgan fingerprint density at radius 2 is 1.76 bits per heavy atom. The number of carbonyl (C=O) groups excluding carboxylic acids is 2. The van der Waals surface area contributed by atoms with Gasteiger partial charge in [-0.3, -0.25) is 14.6 Å². The topological polar surface area (TPSA) is 202 Å². The number of benzene rings is 1. The van der Waals surface area contributed by atoms with Crippen LogP contribution < -0.4 is 27.8 Å². The van der Waals surface area contributed by atoms with E-state index >= 15 is 0 Å². The summed E-state index contributed by atoms with van der Waals surface area (Å²) in [4.78, 5) is 44.3. The Balaban J connectivity index is 2.14. The third kappa shape index (κ3) is 7.49. The number of amides is 2. The first-order valence-electron chi connectivity index (χ1n) is 10.8. The monoisotopic (exact) mass is 459 g/mol. The molecule has 1 heterocycles. The molecule has 0 aliphatic rings. The minimum atomic E-state index is -1.19. The van der Waals surface area contributed by atoms with Gasteiger partial charge in [-0.15, -0.1) is 0 Å². The van der Waals surface area contributed by atoms with Crippen LogP contribution in [0.1, 0.15) is 32.3 Å². The molecule has 0 fully saturated rings. The fourth-order valence-corrected chi connectivity index (χ4v) is 3.34. The number of nitrogens with two attached hydrogens (primary N) is 3. The third-order valence-electron chi connectivity index (χ3n) is 5.31. The Labute approximate surface area is 192 Å². The molecule has 33 heavy (non-hydrogen) atoms. The summed E-state index contributed by atoms with van der Waals surface area (Å²) >= 11 is 0. The molecule has 0 radical (unpaired) electrons. The summed E-state index contributed by atoms with van der Waals surface area (Å²) in [6, 6.07) is 4.51. The molecule has 0 saturated heterocycles. The molecule has 0 aliphatic heterocycles. The Morgan fingerprint density at radius 3 is 2.39 bits per heavy atom. The van der Waals surface area contributed by atoms with E-state index in [9.17, 15) is 19.5 Å². The molecule has 0 bridgehead atoms. The van der Waals surface area contributed by atoms with Crippen molar-refractivity contribution in [2.75, 3.05) is 6.54 Å². The Hall–Kier alpha value is -3.60. The first kappa shape index (κ1) is 25.7. The minimum Gasteiger partial charge on any atom is -0.480 e. The highest BCUT2D eigenvalue weighted by molar-refractivity contribution is 5.92. The molecule has 1 aromatic heterocycles. The van der Waals surface area contributed by atoms with Crippen molar-refractivity contribution in [2.24, 2.45) is 28.1 Å². The van der Waals surface area contributed by atoms with Crippen molar-refractivity contribution in [3.05, 3.63) is 36.0 Å². The number of carboxylic acids is 1. The molecule has 1 aromatic carbocycles. The smallest absolute Gasteiger partial charge is 0.326 e. The van der Waals surface area contributed by atoms with Gasteiger partial charge in [0.2, 0.25) is 11.8 Å². The van der Waals surface area contributed by atoms with E-state index in [4.69, 9.17) is 17.2 Å². The molecular weight excluding hydrogens is 426 g/mol. The van der Waals surface area contributed by atoms with E-state index in [-0.39, 0.29) is 31.3 Å². The van der Waals surface area contributed by atoms with Crippen LogP contribution in [0.4, 0.5) is 0 Å². The van der Waals surface area contributed by atoms with Crippen molar-refractivity contribution in [1.82, 2.24) is 15.6 Å². The number of nitrogens with zero attached hydrogens (tertiary/aromatic N) is 1. The van der Waals surface area contributed by atoms with Gasteiger partial charge in [0.05, 0.1) is 6.04 Å². The number of para-hydroxylation sites is 1. The lowest BCUT2D eigenvalue weighted by atomic mass is 10.0. The second kappa shape index (κ2) is 11.9. The van der Waals surface area contributed by atoms with Crippen molar-refractivity contribution in [1.29, 1.82) is 0 Å². The zero-order valence-electron chi connectivity index (χ0n) is 18.9. The summed E-state index contributed by atoms with van der Waals surface area (Å²) in [7, 11) is 0. The molecule has 3 atom stereocenters. The lowest BCUT2D eigenvalue weighted by Gasteiger charge is -2.24.